The van der Waals surface area contributed by atoms with Crippen molar-refractivity contribution in [1.29, 1.82) is 0 Å². The summed E-state index contributed by atoms with van der Waals surface area (Å²) in [5.74, 6) is -3.75. The molecule has 10 atom stereocenters. The number of nitrogens with one attached hydrogen (secondary N) is 1. The molecule has 0 aromatic rings. The maximum Gasteiger partial charge on any atom is 0.331 e. The molecule has 212 valence electrons. The van der Waals surface area contributed by atoms with E-state index in [1.165, 1.54) is 20.8 Å². The van der Waals surface area contributed by atoms with E-state index in [0.717, 1.165) is 4.90 Å². The molecule has 2 heterocycles. The average Bonchev–Trinajstić information content (AvgIpc) is 3.13. The highest BCUT2D eigenvalue weighted by Gasteiger charge is 2.48. The van der Waals surface area contributed by atoms with Crippen LogP contribution in [0.4, 0.5) is 0 Å². The molecule has 0 radical (unpaired) electrons. The Balaban J connectivity index is 2.17. The van der Waals surface area contributed by atoms with E-state index in [1.807, 2.05) is 0 Å². The Kier molecular flexibility index (Phi) is 11.2. The topological polar surface area (TPSA) is 233 Å². The van der Waals surface area contributed by atoms with Gasteiger partial charge < -0.3 is 55.1 Å². The normalized spacial score (nSPS) is 33.5. The Hall–Kier alpha value is -2.40. The molecule has 2 saturated heterocycles. The Morgan fingerprint density at radius 2 is 1.68 bits per heavy atom. The van der Waals surface area contributed by atoms with Gasteiger partial charge in [0.2, 0.25) is 11.8 Å². The average molecular weight is 537 g/mol. The van der Waals surface area contributed by atoms with Gasteiger partial charge in [0.15, 0.2) is 12.3 Å². The van der Waals surface area contributed by atoms with Crippen LogP contribution in [-0.2, 0) is 33.4 Å². The first-order valence-corrected chi connectivity index (χ1v) is 12.0. The number of nitrogens with zero attached hydrogens (tertiary/aromatic N) is 1. The van der Waals surface area contributed by atoms with Crippen molar-refractivity contribution in [3.05, 3.63) is 0 Å². The second-order valence-corrected chi connectivity index (χ2v) is 9.06. The van der Waals surface area contributed by atoms with Crippen LogP contribution < -0.4 is 5.32 Å². The Labute approximate surface area is 212 Å². The molecule has 0 aliphatic carbocycles. The van der Waals surface area contributed by atoms with Gasteiger partial charge in [0.05, 0.1) is 31.5 Å². The van der Waals surface area contributed by atoms with Crippen molar-refractivity contribution in [2.45, 2.75) is 101 Å². The van der Waals surface area contributed by atoms with Gasteiger partial charge in [0.25, 0.3) is 0 Å². The first-order valence-electron chi connectivity index (χ1n) is 12.0. The molecule has 2 aliphatic rings. The fourth-order valence-corrected chi connectivity index (χ4v) is 4.16. The molecule has 37 heavy (non-hydrogen) atoms. The second kappa shape index (κ2) is 13.4. The monoisotopic (exact) mass is 536 g/mol. The molecule has 15 nitrogen and oxygen atoms in total. The summed E-state index contributed by atoms with van der Waals surface area (Å²) in [4.78, 5) is 50.0. The first-order chi connectivity index (χ1) is 17.3. The van der Waals surface area contributed by atoms with Gasteiger partial charge >= 0.3 is 11.9 Å². The molecule has 0 spiro atoms. The molecule has 0 bridgehead atoms. The zero-order chi connectivity index (χ0) is 28.0. The summed E-state index contributed by atoms with van der Waals surface area (Å²) in [5, 5.41) is 61.6. The molecule has 0 unspecified atom stereocenters. The minimum Gasteiger partial charge on any atom is -0.481 e. The van der Waals surface area contributed by atoms with Crippen LogP contribution in [0.25, 0.3) is 0 Å². The highest BCUT2D eigenvalue weighted by atomic mass is 16.7. The third-order valence-corrected chi connectivity index (χ3v) is 6.27. The summed E-state index contributed by atoms with van der Waals surface area (Å²) < 4.78 is 15.9. The fourth-order valence-electron chi connectivity index (χ4n) is 4.16. The molecule has 0 aromatic heterocycles. The van der Waals surface area contributed by atoms with Crippen LogP contribution in [-0.4, -0.2) is 134 Å². The molecule has 7 N–H and O–H groups in total. The Morgan fingerprint density at radius 1 is 1.03 bits per heavy atom. The van der Waals surface area contributed by atoms with E-state index in [0.29, 0.717) is 0 Å². The minimum atomic E-state index is -1.69. The number of aliphatic hydroxyl groups excluding tert-OH is 5. The maximum absolute atomic E-state index is 13.1. The van der Waals surface area contributed by atoms with Crippen molar-refractivity contribution >= 4 is 23.8 Å². The first kappa shape index (κ1) is 30.8. The van der Waals surface area contributed by atoms with Crippen molar-refractivity contribution in [3.8, 4) is 0 Å². The van der Waals surface area contributed by atoms with Crippen LogP contribution in [0.2, 0.25) is 0 Å². The van der Waals surface area contributed by atoms with E-state index < -0.39 is 84.9 Å². The second-order valence-electron chi connectivity index (χ2n) is 9.06. The third kappa shape index (κ3) is 7.56. The third-order valence-electron chi connectivity index (χ3n) is 6.27. The number of carboxylic acids is 1. The maximum atomic E-state index is 13.1. The lowest BCUT2D eigenvalue weighted by Crippen LogP contribution is -2.61. The highest BCUT2D eigenvalue weighted by Crippen LogP contribution is 2.24. The molecular weight excluding hydrogens is 500 g/mol. The standard InChI is InChI=1S/C22H36N2O13/c1-4-35-21(34)14(9(2)36-22-19(32)18(31)16(29)10(3)37-22)23-20(33)15-17(30)11(25)8-24(15)12(26)6-5-7-13(27)28/h9-11,14-19,22,25,29-32H,4-8H2,1-3H3,(H,23,33)(H,27,28)/t9-,10+,11-,14+,15-,16-,17-,18-,19+,22-/m1/s1. The number of amides is 2. The molecule has 0 aromatic carbocycles. The smallest absolute Gasteiger partial charge is 0.331 e. The Morgan fingerprint density at radius 3 is 2.27 bits per heavy atom. The lowest BCUT2D eigenvalue weighted by molar-refractivity contribution is -0.304. The number of hydrogen-bond acceptors (Lipinski definition) is 12. The summed E-state index contributed by atoms with van der Waals surface area (Å²) in [5.41, 5.74) is 0. The summed E-state index contributed by atoms with van der Waals surface area (Å²) >= 11 is 0. The van der Waals surface area contributed by atoms with Gasteiger partial charge in [-0.3, -0.25) is 14.4 Å². The van der Waals surface area contributed by atoms with Crippen molar-refractivity contribution in [1.82, 2.24) is 10.2 Å². The van der Waals surface area contributed by atoms with Crippen LogP contribution in [0.3, 0.4) is 0 Å². The lowest BCUT2D eigenvalue weighted by Gasteiger charge is -2.40. The number of esters is 1. The van der Waals surface area contributed by atoms with Crippen LogP contribution in [0, 0.1) is 0 Å². The summed E-state index contributed by atoms with van der Waals surface area (Å²) in [6, 6.07) is -3.12. The summed E-state index contributed by atoms with van der Waals surface area (Å²) in [6.45, 7) is 3.84. The van der Waals surface area contributed by atoms with Crippen LogP contribution in [0.5, 0.6) is 0 Å². The number of likely N-dealkylation sites (tertiary alicyclic amines) is 1. The largest absolute Gasteiger partial charge is 0.481 e. The van der Waals surface area contributed by atoms with E-state index in [1.54, 1.807) is 0 Å². The molecular formula is C22H36N2O13. The van der Waals surface area contributed by atoms with E-state index in [2.05, 4.69) is 5.32 Å². The minimum absolute atomic E-state index is 0.0236. The lowest BCUT2D eigenvalue weighted by atomic mass is 10.00. The van der Waals surface area contributed by atoms with Gasteiger partial charge in [0.1, 0.15) is 30.5 Å². The van der Waals surface area contributed by atoms with Crippen LogP contribution in [0.1, 0.15) is 40.0 Å². The van der Waals surface area contributed by atoms with Crippen LogP contribution >= 0.6 is 0 Å². The number of carbonyl (C=O) groups is 4. The Bertz CT molecular complexity index is 826. The van der Waals surface area contributed by atoms with E-state index in [-0.39, 0.29) is 32.4 Å². The van der Waals surface area contributed by atoms with Crippen molar-refractivity contribution in [2.24, 2.45) is 0 Å². The number of carbonyl (C=O) groups excluding carboxylic acids is 3. The van der Waals surface area contributed by atoms with Crippen molar-refractivity contribution < 1.29 is 64.0 Å². The number of carboxylic acid groups (broad SMARTS) is 1. The molecule has 2 fully saturated rings. The predicted octanol–water partition coefficient (Wildman–Crippen LogP) is -3.55. The SMILES string of the molecule is CCOC(=O)[C@@H](NC(=O)[C@H]1[C@H](O)[C@H](O)CN1C(=O)CCCC(=O)O)[C@@H](C)O[C@@H]1O[C@@H](C)[C@@H](O)[C@@H](O)[C@@H]1O. The molecule has 2 amide bonds. The van der Waals surface area contributed by atoms with E-state index in [4.69, 9.17) is 19.3 Å². The van der Waals surface area contributed by atoms with Gasteiger partial charge in [-0.25, -0.2) is 4.79 Å². The number of ether oxygens (including phenoxy) is 3. The van der Waals surface area contributed by atoms with Crippen LogP contribution in [0.15, 0.2) is 0 Å². The number of rotatable bonds is 11. The summed E-state index contributed by atoms with van der Waals surface area (Å²) in [6.07, 6.45) is -12.0. The van der Waals surface area contributed by atoms with Gasteiger partial charge in [-0.2, -0.15) is 0 Å². The molecule has 15 heteroatoms. The van der Waals surface area contributed by atoms with Crippen molar-refractivity contribution in [2.75, 3.05) is 13.2 Å². The van der Waals surface area contributed by atoms with E-state index >= 15 is 0 Å². The number of hydrogen-bond donors (Lipinski definition) is 7. The van der Waals surface area contributed by atoms with Gasteiger partial charge in [-0.1, -0.05) is 0 Å². The van der Waals surface area contributed by atoms with Gasteiger partial charge in [-0.15, -0.1) is 0 Å². The summed E-state index contributed by atoms with van der Waals surface area (Å²) in [7, 11) is 0. The molecule has 2 rings (SSSR count). The van der Waals surface area contributed by atoms with Gasteiger partial charge in [0, 0.05) is 12.8 Å². The number of aliphatic hydroxyl groups is 5. The zero-order valence-electron chi connectivity index (χ0n) is 20.8. The van der Waals surface area contributed by atoms with Crippen molar-refractivity contribution in [3.63, 3.8) is 0 Å². The number of aliphatic carboxylic acids is 1. The quantitative estimate of drug-likeness (QED) is 0.127. The molecule has 0 saturated carbocycles. The number of β-amino-alcohol motifs (C(OH)–C–C–N with tert-alkyl or cyclic N) is 1. The zero-order valence-corrected chi connectivity index (χ0v) is 20.8. The van der Waals surface area contributed by atoms with E-state index in [9.17, 15) is 44.7 Å². The van der Waals surface area contributed by atoms with Gasteiger partial charge in [-0.05, 0) is 27.2 Å². The fraction of sp³-hybridized carbons (Fsp3) is 0.818. The molecule has 2 aliphatic heterocycles. The predicted molar refractivity (Wildman–Crippen MR) is 120 cm³/mol. The highest BCUT2D eigenvalue weighted by molar-refractivity contribution is 5.92.